The summed E-state index contributed by atoms with van der Waals surface area (Å²) in [6.45, 7) is 0. The monoisotopic (exact) mass is 498 g/mol. The van der Waals surface area contributed by atoms with Gasteiger partial charge in [-0.05, 0) is 35.9 Å². The molecule has 2 aromatic rings. The summed E-state index contributed by atoms with van der Waals surface area (Å²) in [6.07, 6.45) is 1.33. The van der Waals surface area contributed by atoms with E-state index in [2.05, 4.69) is 21.2 Å². The maximum Gasteiger partial charge on any atom is 0.336 e. The predicted molar refractivity (Wildman–Crippen MR) is 113 cm³/mol. The lowest BCUT2D eigenvalue weighted by molar-refractivity contribution is -0.122. The molecule has 4 amide bonds. The van der Waals surface area contributed by atoms with E-state index in [-0.39, 0.29) is 21.3 Å². The van der Waals surface area contributed by atoms with Gasteiger partial charge in [0.05, 0.1) is 30.0 Å². The zero-order chi connectivity index (χ0) is 21.3. The van der Waals surface area contributed by atoms with Crippen LogP contribution >= 0.6 is 39.1 Å². The summed E-state index contributed by atoms with van der Waals surface area (Å²) >= 11 is 15.5. The summed E-state index contributed by atoms with van der Waals surface area (Å²) in [5.41, 5.74) is 0.257. The first-order chi connectivity index (χ1) is 13.8. The molecule has 29 heavy (non-hydrogen) atoms. The minimum atomic E-state index is -0.923. The van der Waals surface area contributed by atoms with Crippen molar-refractivity contribution in [2.75, 3.05) is 19.1 Å². The van der Waals surface area contributed by atoms with Crippen molar-refractivity contribution in [3.8, 4) is 11.5 Å². The van der Waals surface area contributed by atoms with E-state index >= 15 is 0 Å². The molecule has 150 valence electrons. The molecule has 1 fully saturated rings. The van der Waals surface area contributed by atoms with Gasteiger partial charge >= 0.3 is 6.03 Å². The van der Waals surface area contributed by atoms with E-state index < -0.39 is 17.8 Å². The van der Waals surface area contributed by atoms with E-state index in [4.69, 9.17) is 32.7 Å². The van der Waals surface area contributed by atoms with Gasteiger partial charge in [-0.25, -0.2) is 9.69 Å². The van der Waals surface area contributed by atoms with Crippen LogP contribution in [0.25, 0.3) is 6.08 Å². The fraction of sp³-hybridized carbons (Fsp3) is 0.105. The number of hydrogen-bond acceptors (Lipinski definition) is 5. The summed E-state index contributed by atoms with van der Waals surface area (Å²) in [6, 6.07) is 6.80. The molecule has 0 radical (unpaired) electrons. The summed E-state index contributed by atoms with van der Waals surface area (Å²) in [4.78, 5) is 38.5. The smallest absolute Gasteiger partial charge is 0.336 e. The maximum absolute atomic E-state index is 13.0. The highest BCUT2D eigenvalue weighted by atomic mass is 79.9. The Morgan fingerprint density at radius 2 is 1.72 bits per heavy atom. The molecule has 0 aromatic heterocycles. The third-order valence-corrected chi connectivity index (χ3v) is 5.57. The van der Waals surface area contributed by atoms with Crippen molar-refractivity contribution < 1.29 is 23.9 Å². The highest BCUT2D eigenvalue weighted by Gasteiger charge is 2.38. The average molecular weight is 500 g/mol. The van der Waals surface area contributed by atoms with Crippen LogP contribution in [0.5, 0.6) is 11.5 Å². The number of ether oxygens (including phenoxy) is 2. The van der Waals surface area contributed by atoms with Crippen molar-refractivity contribution in [2.45, 2.75) is 0 Å². The third kappa shape index (κ3) is 3.96. The first-order valence-electron chi connectivity index (χ1n) is 8.05. The molecular formula is C19H13BrCl2N2O5. The van der Waals surface area contributed by atoms with Crippen LogP contribution in [0.15, 0.2) is 40.4 Å². The number of hydrogen-bond donors (Lipinski definition) is 1. The maximum atomic E-state index is 13.0. The number of benzene rings is 2. The Balaban J connectivity index is 2.10. The fourth-order valence-electron chi connectivity index (χ4n) is 2.68. The van der Waals surface area contributed by atoms with Gasteiger partial charge in [-0.2, -0.15) is 0 Å². The summed E-state index contributed by atoms with van der Waals surface area (Å²) in [5, 5.41) is 2.31. The number of imide groups is 2. The number of carbonyl (C=O) groups is 3. The molecule has 0 spiro atoms. The van der Waals surface area contributed by atoms with E-state index in [9.17, 15) is 14.4 Å². The number of urea groups is 1. The number of amides is 4. The Morgan fingerprint density at radius 3 is 2.38 bits per heavy atom. The number of nitrogens with zero attached hydrogens (tertiary/aromatic N) is 1. The van der Waals surface area contributed by atoms with Crippen LogP contribution in [-0.2, 0) is 9.59 Å². The first kappa shape index (κ1) is 21.2. The second kappa shape index (κ2) is 8.44. The van der Waals surface area contributed by atoms with Crippen LogP contribution in [0.1, 0.15) is 5.56 Å². The number of rotatable bonds is 4. The molecule has 2 aromatic carbocycles. The molecule has 1 saturated heterocycles. The second-order valence-electron chi connectivity index (χ2n) is 5.76. The van der Waals surface area contributed by atoms with Gasteiger partial charge in [-0.3, -0.25) is 14.9 Å². The molecule has 3 rings (SSSR count). The first-order valence-corrected chi connectivity index (χ1v) is 9.60. The zero-order valence-electron chi connectivity index (χ0n) is 15.1. The molecule has 1 aliphatic rings. The van der Waals surface area contributed by atoms with Gasteiger partial charge in [-0.1, -0.05) is 45.2 Å². The van der Waals surface area contributed by atoms with E-state index in [0.717, 1.165) is 4.90 Å². The van der Waals surface area contributed by atoms with Crippen molar-refractivity contribution in [3.05, 3.63) is 56.0 Å². The van der Waals surface area contributed by atoms with Gasteiger partial charge in [0, 0.05) is 4.47 Å². The van der Waals surface area contributed by atoms with Crippen molar-refractivity contribution in [2.24, 2.45) is 0 Å². The lowest BCUT2D eigenvalue weighted by atomic mass is 10.1. The van der Waals surface area contributed by atoms with Gasteiger partial charge in [0.2, 0.25) is 0 Å². The Kier molecular flexibility index (Phi) is 6.16. The fourth-order valence-corrected chi connectivity index (χ4v) is 3.49. The van der Waals surface area contributed by atoms with Gasteiger partial charge in [0.25, 0.3) is 11.8 Å². The quantitative estimate of drug-likeness (QED) is 0.496. The average Bonchev–Trinajstić information content (AvgIpc) is 2.68. The highest BCUT2D eigenvalue weighted by molar-refractivity contribution is 9.10. The van der Waals surface area contributed by atoms with Crippen LogP contribution in [0, 0.1) is 0 Å². The Labute approximate surface area is 184 Å². The van der Waals surface area contributed by atoms with Crippen molar-refractivity contribution >= 4 is 68.7 Å². The van der Waals surface area contributed by atoms with Gasteiger partial charge in [0.1, 0.15) is 5.57 Å². The summed E-state index contributed by atoms with van der Waals surface area (Å²) in [5.74, 6) is -0.818. The number of barbiturate groups is 1. The topological polar surface area (TPSA) is 84.9 Å². The molecule has 7 nitrogen and oxygen atoms in total. The number of nitrogens with one attached hydrogen (secondary N) is 1. The molecule has 0 atom stereocenters. The standard InChI is InChI=1S/C19H13BrCl2N2O5/c1-28-14-7-9(11(20)8-15(14)29-2)6-10-17(25)23-19(27)24(18(10)26)13-5-3-4-12(21)16(13)22/h3-8H,1-2H3,(H,23,25,27)/b10-6+. The normalized spacial score (nSPS) is 15.6. The Morgan fingerprint density at radius 1 is 1.07 bits per heavy atom. The molecule has 0 bridgehead atoms. The van der Waals surface area contributed by atoms with Gasteiger partial charge in [-0.15, -0.1) is 0 Å². The second-order valence-corrected chi connectivity index (χ2v) is 7.40. The third-order valence-electron chi connectivity index (χ3n) is 4.08. The van der Waals surface area contributed by atoms with Crippen LogP contribution in [-0.4, -0.2) is 32.1 Å². The minimum Gasteiger partial charge on any atom is -0.493 e. The number of anilines is 1. The van der Waals surface area contributed by atoms with Crippen molar-refractivity contribution in [1.82, 2.24) is 5.32 Å². The van der Waals surface area contributed by atoms with E-state index in [1.54, 1.807) is 12.1 Å². The van der Waals surface area contributed by atoms with E-state index in [1.165, 1.54) is 38.5 Å². The minimum absolute atomic E-state index is 0.0127. The van der Waals surface area contributed by atoms with Crippen molar-refractivity contribution in [3.63, 3.8) is 0 Å². The molecular weight excluding hydrogens is 487 g/mol. The number of carbonyl (C=O) groups excluding carboxylic acids is 3. The van der Waals surface area contributed by atoms with Gasteiger partial charge < -0.3 is 9.47 Å². The summed E-state index contributed by atoms with van der Waals surface area (Å²) in [7, 11) is 2.95. The SMILES string of the molecule is COc1cc(Br)c(/C=C2\C(=O)NC(=O)N(c3cccc(Cl)c3Cl)C2=O)cc1OC. The molecule has 1 aliphatic heterocycles. The molecule has 0 aliphatic carbocycles. The largest absolute Gasteiger partial charge is 0.493 e. The lowest BCUT2D eigenvalue weighted by Gasteiger charge is -2.27. The Hall–Kier alpha value is -2.55. The molecule has 0 unspecified atom stereocenters. The van der Waals surface area contributed by atoms with E-state index in [0.29, 0.717) is 21.5 Å². The lowest BCUT2D eigenvalue weighted by Crippen LogP contribution is -2.54. The predicted octanol–water partition coefficient (Wildman–Crippen LogP) is 4.44. The molecule has 1 N–H and O–H groups in total. The van der Waals surface area contributed by atoms with Gasteiger partial charge in [0.15, 0.2) is 11.5 Å². The zero-order valence-corrected chi connectivity index (χ0v) is 18.2. The highest BCUT2D eigenvalue weighted by Crippen LogP contribution is 2.36. The van der Waals surface area contributed by atoms with Crippen molar-refractivity contribution in [1.29, 1.82) is 0 Å². The molecule has 1 heterocycles. The van der Waals surface area contributed by atoms with Crippen LogP contribution in [0.4, 0.5) is 10.5 Å². The number of methoxy groups -OCH3 is 2. The summed E-state index contributed by atoms with van der Waals surface area (Å²) < 4.78 is 11.0. The number of halogens is 3. The van der Waals surface area contributed by atoms with Crippen LogP contribution in [0.3, 0.4) is 0 Å². The van der Waals surface area contributed by atoms with E-state index in [1.807, 2.05) is 0 Å². The molecule has 0 saturated carbocycles. The van der Waals surface area contributed by atoms with Crippen LogP contribution in [0.2, 0.25) is 10.0 Å². The molecule has 10 heteroatoms. The van der Waals surface area contributed by atoms with Crippen LogP contribution < -0.4 is 19.7 Å². The Bertz CT molecular complexity index is 1070.